The summed E-state index contributed by atoms with van der Waals surface area (Å²) in [6, 6.07) is 11.7. The Kier molecular flexibility index (Phi) is 4.66. The van der Waals surface area contributed by atoms with Crippen molar-refractivity contribution in [3.05, 3.63) is 58.1 Å². The molecule has 8 nitrogen and oxygen atoms in total. The molecule has 0 bridgehead atoms. The van der Waals surface area contributed by atoms with E-state index in [2.05, 4.69) is 10.7 Å². The molecule has 136 valence electrons. The molecule has 1 aliphatic heterocycles. The van der Waals surface area contributed by atoms with Crippen LogP contribution >= 0.6 is 12.2 Å². The van der Waals surface area contributed by atoms with Gasteiger partial charge < -0.3 is 14.8 Å². The summed E-state index contributed by atoms with van der Waals surface area (Å²) in [7, 11) is 3.18. The van der Waals surface area contributed by atoms with Gasteiger partial charge in [0.2, 0.25) is 0 Å². The van der Waals surface area contributed by atoms with Gasteiger partial charge in [-0.3, -0.25) is 10.1 Å². The van der Waals surface area contributed by atoms with Gasteiger partial charge in [0.05, 0.1) is 24.8 Å². The van der Waals surface area contributed by atoms with Gasteiger partial charge in [0.1, 0.15) is 17.2 Å². The van der Waals surface area contributed by atoms with E-state index in [0.717, 1.165) is 5.56 Å². The van der Waals surface area contributed by atoms with E-state index in [0.29, 0.717) is 22.3 Å². The topological polar surface area (TPSA) is 88.9 Å². The summed E-state index contributed by atoms with van der Waals surface area (Å²) in [6.07, 6.45) is 0. The second-order valence-electron chi connectivity index (χ2n) is 5.84. The van der Waals surface area contributed by atoms with Crippen molar-refractivity contribution in [2.45, 2.75) is 12.6 Å². The number of nitro groups is 1. The molecule has 0 radical (unpaired) electrons. The fourth-order valence-corrected chi connectivity index (χ4v) is 3.17. The Morgan fingerprint density at radius 2 is 1.85 bits per heavy atom. The van der Waals surface area contributed by atoms with Crippen LogP contribution in [-0.2, 0) is 5.66 Å². The summed E-state index contributed by atoms with van der Waals surface area (Å²) in [5.41, 5.74) is 4.12. The highest BCUT2D eigenvalue weighted by Crippen LogP contribution is 2.35. The Labute approximate surface area is 155 Å². The number of benzene rings is 2. The third-order valence-electron chi connectivity index (χ3n) is 4.16. The van der Waals surface area contributed by atoms with E-state index in [1.165, 1.54) is 12.1 Å². The number of hydrazine groups is 1. The lowest BCUT2D eigenvalue weighted by atomic mass is 10.0. The van der Waals surface area contributed by atoms with E-state index < -0.39 is 10.6 Å². The molecule has 2 aromatic carbocycles. The average Bonchev–Trinajstić information content (AvgIpc) is 2.96. The molecule has 2 N–H and O–H groups in total. The number of nitrogens with zero attached hydrogens (tertiary/aromatic N) is 2. The molecule has 1 atom stereocenters. The van der Waals surface area contributed by atoms with E-state index in [9.17, 15) is 10.1 Å². The number of ether oxygens (including phenoxy) is 2. The number of nitro benzene ring substituents is 1. The molecule has 0 spiro atoms. The van der Waals surface area contributed by atoms with Crippen molar-refractivity contribution in [2.75, 3.05) is 19.2 Å². The summed E-state index contributed by atoms with van der Waals surface area (Å²) in [5.74, 6) is 1.32. The highest BCUT2D eigenvalue weighted by Gasteiger charge is 2.40. The highest BCUT2D eigenvalue weighted by molar-refractivity contribution is 7.80. The van der Waals surface area contributed by atoms with E-state index in [1.807, 2.05) is 19.1 Å². The lowest BCUT2D eigenvalue weighted by molar-refractivity contribution is -0.384. The van der Waals surface area contributed by atoms with Crippen LogP contribution in [0.1, 0.15) is 12.5 Å². The Morgan fingerprint density at radius 3 is 2.42 bits per heavy atom. The van der Waals surface area contributed by atoms with Crippen LogP contribution in [0.15, 0.2) is 42.5 Å². The zero-order valence-electron chi connectivity index (χ0n) is 14.5. The molecule has 3 rings (SSSR count). The third kappa shape index (κ3) is 3.14. The molecule has 1 aliphatic rings. The molecule has 0 saturated carbocycles. The largest absolute Gasteiger partial charge is 0.497 e. The predicted octanol–water partition coefficient (Wildman–Crippen LogP) is 2.68. The minimum Gasteiger partial charge on any atom is -0.497 e. The zero-order valence-corrected chi connectivity index (χ0v) is 15.3. The van der Waals surface area contributed by atoms with Gasteiger partial charge in [0.25, 0.3) is 5.69 Å². The van der Waals surface area contributed by atoms with Crippen LogP contribution in [0.2, 0.25) is 0 Å². The van der Waals surface area contributed by atoms with Crippen LogP contribution in [0, 0.1) is 10.1 Å². The number of anilines is 1. The smallest absolute Gasteiger partial charge is 0.269 e. The van der Waals surface area contributed by atoms with E-state index in [1.54, 1.807) is 37.4 Å². The Bertz CT molecular complexity index is 858. The molecular formula is C17H18N4O4S. The molecule has 9 heteroatoms. The molecule has 1 heterocycles. The van der Waals surface area contributed by atoms with Gasteiger partial charge in [-0.1, -0.05) is 0 Å². The molecule has 1 fully saturated rings. The maximum Gasteiger partial charge on any atom is 0.269 e. The monoisotopic (exact) mass is 374 g/mol. The molecule has 26 heavy (non-hydrogen) atoms. The van der Waals surface area contributed by atoms with Crippen molar-refractivity contribution in [2.24, 2.45) is 0 Å². The first kappa shape index (κ1) is 17.9. The predicted molar refractivity (Wildman–Crippen MR) is 101 cm³/mol. The number of rotatable bonds is 5. The first-order valence-corrected chi connectivity index (χ1v) is 8.16. The normalized spacial score (nSPS) is 19.2. The fraction of sp³-hybridized carbons (Fsp3) is 0.235. The fourth-order valence-electron chi connectivity index (χ4n) is 2.82. The van der Waals surface area contributed by atoms with Crippen molar-refractivity contribution in [3.8, 4) is 11.5 Å². The number of nitrogens with one attached hydrogen (secondary N) is 2. The third-order valence-corrected chi connectivity index (χ3v) is 4.45. The van der Waals surface area contributed by atoms with Gasteiger partial charge >= 0.3 is 0 Å². The average molecular weight is 374 g/mol. The summed E-state index contributed by atoms with van der Waals surface area (Å²) >= 11 is 5.44. The summed E-state index contributed by atoms with van der Waals surface area (Å²) < 4.78 is 10.7. The van der Waals surface area contributed by atoms with Gasteiger partial charge in [-0.25, -0.2) is 5.01 Å². The van der Waals surface area contributed by atoms with Crippen LogP contribution in [-0.4, -0.2) is 24.3 Å². The van der Waals surface area contributed by atoms with Gasteiger partial charge in [0.15, 0.2) is 5.11 Å². The maximum absolute atomic E-state index is 10.8. The van der Waals surface area contributed by atoms with E-state index in [4.69, 9.17) is 21.7 Å². The highest BCUT2D eigenvalue weighted by atomic mass is 32.1. The second kappa shape index (κ2) is 6.77. The second-order valence-corrected chi connectivity index (χ2v) is 6.23. The molecule has 1 saturated heterocycles. The lowest BCUT2D eigenvalue weighted by Crippen LogP contribution is -2.46. The molecule has 0 aromatic heterocycles. The summed E-state index contributed by atoms with van der Waals surface area (Å²) in [5, 5.41) is 16.2. The summed E-state index contributed by atoms with van der Waals surface area (Å²) in [6.45, 7) is 1.93. The quantitative estimate of drug-likeness (QED) is 0.469. The van der Waals surface area contributed by atoms with Crippen molar-refractivity contribution in [1.82, 2.24) is 10.7 Å². The maximum atomic E-state index is 10.8. The Morgan fingerprint density at radius 1 is 1.15 bits per heavy atom. The summed E-state index contributed by atoms with van der Waals surface area (Å²) in [4.78, 5) is 10.4. The van der Waals surface area contributed by atoms with Crippen LogP contribution in [0.25, 0.3) is 0 Å². The molecular weight excluding hydrogens is 356 g/mol. The SMILES string of the molecule is COc1ccc(C2(C)NC(=S)N(c3ccc([N+](=O)[O-])cc3)N2)c(OC)c1. The minimum absolute atomic E-state index is 0.0198. The van der Waals surface area contributed by atoms with Gasteiger partial charge in [-0.2, -0.15) is 5.43 Å². The van der Waals surface area contributed by atoms with Crippen molar-refractivity contribution in [1.29, 1.82) is 0 Å². The Hall–Kier alpha value is -2.91. The van der Waals surface area contributed by atoms with E-state index in [-0.39, 0.29) is 5.69 Å². The zero-order chi connectivity index (χ0) is 18.9. The van der Waals surface area contributed by atoms with Crippen molar-refractivity contribution < 1.29 is 14.4 Å². The Balaban J connectivity index is 1.92. The van der Waals surface area contributed by atoms with Gasteiger partial charge in [-0.15, -0.1) is 0 Å². The number of non-ortho nitro benzene ring substituents is 1. The molecule has 0 aliphatic carbocycles. The van der Waals surface area contributed by atoms with E-state index >= 15 is 0 Å². The van der Waals surface area contributed by atoms with Crippen LogP contribution in [0.5, 0.6) is 11.5 Å². The molecule has 1 unspecified atom stereocenters. The van der Waals surface area contributed by atoms with Crippen LogP contribution in [0.3, 0.4) is 0 Å². The van der Waals surface area contributed by atoms with Crippen molar-refractivity contribution in [3.63, 3.8) is 0 Å². The molecule has 0 amide bonds. The number of hydrogen-bond acceptors (Lipinski definition) is 6. The number of hydrogen-bond donors (Lipinski definition) is 2. The standard InChI is InChI=1S/C17H18N4O4S/c1-17(14-9-8-13(24-2)10-15(14)25-3)18-16(26)20(19-17)11-4-6-12(7-5-11)21(22)23/h4-10,19H,1-3H3,(H,18,26). The molecule has 2 aromatic rings. The minimum atomic E-state index is -0.726. The van der Waals surface area contributed by atoms with Crippen LogP contribution in [0.4, 0.5) is 11.4 Å². The van der Waals surface area contributed by atoms with Gasteiger partial charge in [-0.05, 0) is 43.4 Å². The van der Waals surface area contributed by atoms with Crippen LogP contribution < -0.4 is 25.2 Å². The number of methoxy groups -OCH3 is 2. The van der Waals surface area contributed by atoms with Gasteiger partial charge in [0, 0.05) is 23.8 Å². The first-order valence-electron chi connectivity index (χ1n) is 7.75. The number of thiocarbonyl (C=S) groups is 1. The lowest BCUT2D eigenvalue weighted by Gasteiger charge is -2.27. The van der Waals surface area contributed by atoms with Crippen molar-refractivity contribution >= 4 is 28.7 Å². The first-order chi connectivity index (χ1) is 12.4.